The molecule has 2 unspecified atom stereocenters. The maximum absolute atomic E-state index is 12.4. The molecule has 1 aliphatic rings. The number of benzene rings is 1. The molecule has 1 fully saturated rings. The molecule has 29 heavy (non-hydrogen) atoms. The van der Waals surface area contributed by atoms with Crippen molar-refractivity contribution in [1.82, 2.24) is 10.2 Å². The van der Waals surface area contributed by atoms with Crippen LogP contribution >= 0.6 is 0 Å². The molecule has 162 valence electrons. The average molecular weight is 429 g/mol. The van der Waals surface area contributed by atoms with E-state index in [9.17, 15) is 18.0 Å². The molecule has 9 nitrogen and oxygen atoms in total. The van der Waals surface area contributed by atoms with Gasteiger partial charge in [-0.05, 0) is 26.3 Å². The van der Waals surface area contributed by atoms with Gasteiger partial charge in [-0.2, -0.15) is 8.42 Å². The summed E-state index contributed by atoms with van der Waals surface area (Å²) in [6.07, 6.45) is -0.248. The monoisotopic (exact) mass is 428 g/mol. The average Bonchev–Trinajstić information content (AvgIpc) is 3.00. The Balaban J connectivity index is 1.98. The van der Waals surface area contributed by atoms with E-state index in [1.807, 2.05) is 30.3 Å². The van der Waals surface area contributed by atoms with Crippen molar-refractivity contribution in [3.63, 3.8) is 0 Å². The third-order valence-electron chi connectivity index (χ3n) is 4.10. The Morgan fingerprint density at radius 3 is 2.41 bits per heavy atom. The van der Waals surface area contributed by atoms with Crippen LogP contribution in [0.15, 0.2) is 30.3 Å². The van der Waals surface area contributed by atoms with E-state index in [1.165, 1.54) is 4.90 Å². The Morgan fingerprint density at radius 2 is 1.83 bits per heavy atom. The Morgan fingerprint density at radius 1 is 1.17 bits per heavy atom. The van der Waals surface area contributed by atoms with Crippen molar-refractivity contribution in [1.29, 1.82) is 0 Å². The first-order valence-electron chi connectivity index (χ1n) is 9.22. The first kappa shape index (κ1) is 23.0. The van der Waals surface area contributed by atoms with Gasteiger partial charge in [0.25, 0.3) is 10.1 Å². The van der Waals surface area contributed by atoms with Crippen molar-refractivity contribution in [3.05, 3.63) is 35.9 Å². The molecule has 0 saturated carbocycles. The van der Waals surface area contributed by atoms with Gasteiger partial charge < -0.3 is 19.7 Å². The highest BCUT2D eigenvalue weighted by Crippen LogP contribution is 2.21. The number of alkyl carbamates (subject to hydrolysis) is 1. The number of likely N-dealkylation sites (tertiary alicyclic amines) is 1. The lowest BCUT2D eigenvalue weighted by Gasteiger charge is -2.24. The number of hydrogen-bond acceptors (Lipinski definition) is 7. The lowest BCUT2D eigenvalue weighted by atomic mass is 10.1. The predicted octanol–water partition coefficient (Wildman–Crippen LogP) is 2.12. The van der Waals surface area contributed by atoms with E-state index in [0.717, 1.165) is 11.8 Å². The lowest BCUT2D eigenvalue weighted by molar-refractivity contribution is 0.0282. The highest BCUT2D eigenvalue weighted by Gasteiger charge is 2.39. The summed E-state index contributed by atoms with van der Waals surface area (Å²) in [5.41, 5.74) is 0.164. The van der Waals surface area contributed by atoms with Crippen LogP contribution in [0.25, 0.3) is 0 Å². The van der Waals surface area contributed by atoms with Crippen LogP contribution < -0.4 is 5.32 Å². The van der Waals surface area contributed by atoms with Crippen molar-refractivity contribution in [3.8, 4) is 0 Å². The molecule has 0 bridgehead atoms. The van der Waals surface area contributed by atoms with Crippen LogP contribution in [0.1, 0.15) is 26.3 Å². The number of carbonyl (C=O) groups is 2. The zero-order chi connectivity index (χ0) is 21.7. The zero-order valence-electron chi connectivity index (χ0n) is 17.1. The predicted molar refractivity (Wildman–Crippen MR) is 106 cm³/mol. The summed E-state index contributed by atoms with van der Waals surface area (Å²) in [6.45, 7) is 5.54. The number of rotatable bonds is 6. The molecule has 2 rings (SSSR count). The normalized spacial score (nSPS) is 19.7. The first-order chi connectivity index (χ1) is 13.4. The van der Waals surface area contributed by atoms with Gasteiger partial charge in [0.1, 0.15) is 12.2 Å². The third kappa shape index (κ3) is 8.28. The van der Waals surface area contributed by atoms with Gasteiger partial charge in [-0.1, -0.05) is 30.3 Å². The fourth-order valence-corrected chi connectivity index (χ4v) is 3.23. The number of nitrogens with zero attached hydrogens (tertiary/aromatic N) is 1. The van der Waals surface area contributed by atoms with Crippen LogP contribution in [0.2, 0.25) is 0 Å². The molecule has 1 N–H and O–H groups in total. The van der Waals surface area contributed by atoms with Gasteiger partial charge in [-0.3, -0.25) is 4.18 Å². The highest BCUT2D eigenvalue weighted by atomic mass is 32.2. The molecule has 2 atom stereocenters. The van der Waals surface area contributed by atoms with Crippen LogP contribution in [-0.4, -0.2) is 63.1 Å². The second-order valence-electron chi connectivity index (χ2n) is 7.95. The van der Waals surface area contributed by atoms with Gasteiger partial charge in [0.05, 0.1) is 18.9 Å². The van der Waals surface area contributed by atoms with Crippen molar-refractivity contribution in [2.75, 3.05) is 26.0 Å². The molecule has 1 aromatic carbocycles. The van der Waals surface area contributed by atoms with Gasteiger partial charge in [-0.15, -0.1) is 0 Å². The van der Waals surface area contributed by atoms with E-state index in [4.69, 9.17) is 13.7 Å². The molecule has 0 aliphatic carbocycles. The van der Waals surface area contributed by atoms with Gasteiger partial charge >= 0.3 is 12.2 Å². The van der Waals surface area contributed by atoms with Gasteiger partial charge in [0, 0.05) is 19.0 Å². The maximum Gasteiger partial charge on any atom is 0.410 e. The van der Waals surface area contributed by atoms with Crippen molar-refractivity contribution in [2.24, 2.45) is 5.92 Å². The highest BCUT2D eigenvalue weighted by molar-refractivity contribution is 7.85. The van der Waals surface area contributed by atoms with Gasteiger partial charge in [0.15, 0.2) is 0 Å². The number of amides is 2. The number of nitrogens with one attached hydrogen (secondary N) is 1. The Bertz CT molecular complexity index is 806. The van der Waals surface area contributed by atoms with E-state index in [1.54, 1.807) is 20.8 Å². The minimum Gasteiger partial charge on any atom is -0.445 e. The molecule has 0 spiro atoms. The molecule has 1 heterocycles. The van der Waals surface area contributed by atoms with Crippen LogP contribution in [0.4, 0.5) is 9.59 Å². The second-order valence-corrected chi connectivity index (χ2v) is 9.59. The smallest absolute Gasteiger partial charge is 0.410 e. The minimum atomic E-state index is -3.65. The summed E-state index contributed by atoms with van der Waals surface area (Å²) in [4.78, 5) is 26.0. The fourth-order valence-electron chi connectivity index (χ4n) is 2.81. The summed E-state index contributed by atoms with van der Waals surface area (Å²) in [5.74, 6) is -0.429. The zero-order valence-corrected chi connectivity index (χ0v) is 17.9. The number of hydrogen-bond donors (Lipinski definition) is 1. The summed E-state index contributed by atoms with van der Waals surface area (Å²) >= 11 is 0. The topological polar surface area (TPSA) is 111 Å². The quantitative estimate of drug-likeness (QED) is 0.691. The largest absolute Gasteiger partial charge is 0.445 e. The minimum absolute atomic E-state index is 0.0969. The van der Waals surface area contributed by atoms with Crippen LogP contribution in [0.5, 0.6) is 0 Å². The molecule has 1 saturated heterocycles. The maximum atomic E-state index is 12.4. The number of ether oxygens (including phenoxy) is 2. The molecule has 1 aliphatic heterocycles. The van der Waals surface area contributed by atoms with Crippen molar-refractivity contribution in [2.45, 2.75) is 39.0 Å². The molecule has 2 amide bonds. The first-order valence-corrected chi connectivity index (χ1v) is 11.0. The van der Waals surface area contributed by atoms with Gasteiger partial charge in [0.2, 0.25) is 0 Å². The van der Waals surface area contributed by atoms with E-state index >= 15 is 0 Å². The standard InChI is InChI=1S/C19H28N2O7S/c1-19(2,3)28-18(23)21-10-15(13-27-29(4,24)25)16(11-21)20-17(22)26-12-14-8-6-5-7-9-14/h5-9,15-16H,10-13H2,1-4H3,(H,20,22). The fraction of sp³-hybridized carbons (Fsp3) is 0.579. The Labute approximate surface area is 171 Å². The Hall–Kier alpha value is -2.33. The summed E-state index contributed by atoms with van der Waals surface area (Å²) < 4.78 is 38.1. The summed E-state index contributed by atoms with van der Waals surface area (Å²) in [6, 6.07) is 8.66. The van der Waals surface area contributed by atoms with E-state index in [0.29, 0.717) is 0 Å². The van der Waals surface area contributed by atoms with E-state index in [-0.39, 0.29) is 26.3 Å². The summed E-state index contributed by atoms with van der Waals surface area (Å²) in [7, 11) is -3.65. The van der Waals surface area contributed by atoms with E-state index < -0.39 is 39.9 Å². The SMILES string of the molecule is CC(C)(C)OC(=O)N1CC(COS(C)(=O)=O)C(NC(=O)OCc2ccccc2)C1. The third-order valence-corrected chi connectivity index (χ3v) is 4.67. The van der Waals surface area contributed by atoms with Crippen LogP contribution in [-0.2, 0) is 30.4 Å². The van der Waals surface area contributed by atoms with E-state index in [2.05, 4.69) is 5.32 Å². The van der Waals surface area contributed by atoms with Crippen molar-refractivity contribution >= 4 is 22.3 Å². The lowest BCUT2D eigenvalue weighted by Crippen LogP contribution is -2.43. The van der Waals surface area contributed by atoms with Crippen LogP contribution in [0, 0.1) is 5.92 Å². The number of carbonyl (C=O) groups excluding carboxylic acids is 2. The second kappa shape index (κ2) is 9.45. The Kier molecular flexibility index (Phi) is 7.48. The molecule has 10 heteroatoms. The molecular weight excluding hydrogens is 400 g/mol. The summed E-state index contributed by atoms with van der Waals surface area (Å²) in [5, 5.41) is 2.70. The van der Waals surface area contributed by atoms with Crippen molar-refractivity contribution < 1.29 is 31.7 Å². The molecule has 0 aromatic heterocycles. The van der Waals surface area contributed by atoms with Crippen LogP contribution in [0.3, 0.4) is 0 Å². The van der Waals surface area contributed by atoms with Gasteiger partial charge in [-0.25, -0.2) is 9.59 Å². The molecule has 0 radical (unpaired) electrons. The molecular formula is C19H28N2O7S. The molecule has 1 aromatic rings.